The van der Waals surface area contributed by atoms with Gasteiger partial charge in [0.1, 0.15) is 4.21 Å². The summed E-state index contributed by atoms with van der Waals surface area (Å²) in [5.41, 5.74) is 3.83. The fourth-order valence-corrected chi connectivity index (χ4v) is 5.50. The average Bonchev–Trinajstić information content (AvgIpc) is 3.24. The van der Waals surface area contributed by atoms with Crippen molar-refractivity contribution >= 4 is 43.0 Å². The van der Waals surface area contributed by atoms with E-state index < -0.39 is 26.0 Å². The first-order chi connectivity index (χ1) is 14.1. The number of para-hydroxylation sites is 1. The lowest BCUT2D eigenvalue weighted by molar-refractivity contribution is 0.0946. The molecule has 0 atom stereocenters. The zero-order valence-corrected chi connectivity index (χ0v) is 18.5. The maximum Gasteiger partial charge on any atom is 0.271 e. The minimum absolute atomic E-state index is 0.00224. The SMILES string of the molecule is Cc1ccc(S(=O)(=O)NNC(=O)c2ccccc2NS(=O)(=O)c2cccs2)cc1C. The number of hydrazine groups is 1. The van der Waals surface area contributed by atoms with E-state index in [1.54, 1.807) is 30.5 Å². The van der Waals surface area contributed by atoms with E-state index in [4.69, 9.17) is 0 Å². The molecule has 0 aliphatic rings. The number of hydrogen-bond donors (Lipinski definition) is 3. The van der Waals surface area contributed by atoms with Gasteiger partial charge in [0.15, 0.2) is 0 Å². The molecule has 158 valence electrons. The smallest absolute Gasteiger partial charge is 0.271 e. The van der Waals surface area contributed by atoms with Crippen LogP contribution in [0.2, 0.25) is 0 Å². The number of carbonyl (C=O) groups is 1. The maximum atomic E-state index is 12.6. The number of aryl methyl sites for hydroxylation is 2. The lowest BCUT2D eigenvalue weighted by atomic mass is 10.1. The molecule has 8 nitrogen and oxygen atoms in total. The Morgan fingerprint density at radius 1 is 0.867 bits per heavy atom. The Balaban J connectivity index is 1.79. The quantitative estimate of drug-likeness (QED) is 0.463. The molecule has 0 saturated carbocycles. The zero-order valence-electron chi connectivity index (χ0n) is 16.0. The van der Waals surface area contributed by atoms with E-state index in [2.05, 4.69) is 10.1 Å². The summed E-state index contributed by atoms with van der Waals surface area (Å²) >= 11 is 1.03. The van der Waals surface area contributed by atoms with Crippen LogP contribution in [-0.4, -0.2) is 22.7 Å². The Morgan fingerprint density at radius 3 is 2.27 bits per heavy atom. The third-order valence-electron chi connectivity index (χ3n) is 4.26. The first-order valence-corrected chi connectivity index (χ1v) is 12.5. The van der Waals surface area contributed by atoms with Gasteiger partial charge in [0.2, 0.25) is 0 Å². The molecule has 0 saturated heterocycles. The fraction of sp³-hybridized carbons (Fsp3) is 0.105. The maximum absolute atomic E-state index is 12.6. The molecule has 1 amide bonds. The van der Waals surface area contributed by atoms with Crippen LogP contribution >= 0.6 is 11.3 Å². The topological polar surface area (TPSA) is 121 Å². The molecule has 0 bridgehead atoms. The Labute approximate surface area is 179 Å². The number of sulfonamides is 2. The molecule has 0 aliphatic carbocycles. The number of benzene rings is 2. The van der Waals surface area contributed by atoms with Crippen LogP contribution in [0.1, 0.15) is 21.5 Å². The molecule has 0 unspecified atom stereocenters. The summed E-state index contributed by atoms with van der Waals surface area (Å²) in [4.78, 5) is 14.6. The highest BCUT2D eigenvalue weighted by atomic mass is 32.2. The van der Waals surface area contributed by atoms with Gasteiger partial charge >= 0.3 is 0 Å². The number of nitrogens with one attached hydrogen (secondary N) is 3. The van der Waals surface area contributed by atoms with Gasteiger partial charge in [-0.05, 0) is 60.7 Å². The molecule has 30 heavy (non-hydrogen) atoms. The molecular formula is C19H19N3O5S3. The highest BCUT2D eigenvalue weighted by molar-refractivity contribution is 7.94. The van der Waals surface area contributed by atoms with E-state index in [1.165, 1.54) is 36.4 Å². The first kappa shape index (κ1) is 22.0. The highest BCUT2D eigenvalue weighted by Crippen LogP contribution is 2.23. The van der Waals surface area contributed by atoms with Crippen molar-refractivity contribution in [3.8, 4) is 0 Å². The number of anilines is 1. The van der Waals surface area contributed by atoms with E-state index in [1.807, 2.05) is 11.8 Å². The number of hydrogen-bond acceptors (Lipinski definition) is 6. The van der Waals surface area contributed by atoms with Gasteiger partial charge in [-0.1, -0.05) is 24.3 Å². The van der Waals surface area contributed by atoms with Crippen LogP contribution in [0.5, 0.6) is 0 Å². The van der Waals surface area contributed by atoms with Gasteiger partial charge in [-0.3, -0.25) is 14.9 Å². The predicted octanol–water partition coefficient (Wildman–Crippen LogP) is 2.79. The van der Waals surface area contributed by atoms with Gasteiger partial charge in [0.05, 0.1) is 16.1 Å². The summed E-state index contributed by atoms with van der Waals surface area (Å²) in [6.07, 6.45) is 0. The molecule has 2 aromatic carbocycles. The van der Waals surface area contributed by atoms with Crippen LogP contribution < -0.4 is 15.0 Å². The molecular weight excluding hydrogens is 446 g/mol. The molecule has 3 rings (SSSR count). The highest BCUT2D eigenvalue weighted by Gasteiger charge is 2.21. The lowest BCUT2D eigenvalue weighted by Gasteiger charge is -2.13. The van der Waals surface area contributed by atoms with E-state index >= 15 is 0 Å². The van der Waals surface area contributed by atoms with E-state index in [-0.39, 0.29) is 20.4 Å². The number of carbonyl (C=O) groups excluding carboxylic acids is 1. The molecule has 0 fully saturated rings. The van der Waals surface area contributed by atoms with Crippen LogP contribution in [-0.2, 0) is 20.0 Å². The Kier molecular flexibility index (Phi) is 6.27. The minimum atomic E-state index is -4.00. The third-order valence-corrected chi connectivity index (χ3v) is 8.27. The van der Waals surface area contributed by atoms with E-state index in [0.717, 1.165) is 22.5 Å². The third kappa shape index (κ3) is 4.87. The van der Waals surface area contributed by atoms with Crippen LogP contribution in [0.15, 0.2) is 69.1 Å². The van der Waals surface area contributed by atoms with Crippen LogP contribution in [0, 0.1) is 13.8 Å². The largest absolute Gasteiger partial charge is 0.278 e. The van der Waals surface area contributed by atoms with Gasteiger partial charge in [0, 0.05) is 0 Å². The van der Waals surface area contributed by atoms with Crippen molar-refractivity contribution in [1.82, 2.24) is 10.3 Å². The van der Waals surface area contributed by atoms with Crippen LogP contribution in [0.3, 0.4) is 0 Å². The molecule has 3 N–H and O–H groups in total. The standard InChI is InChI=1S/C19H19N3O5S3/c1-13-9-10-15(12-14(13)2)29(24,25)22-20-19(23)16-6-3-4-7-17(16)21-30(26,27)18-8-5-11-28-18/h3-12,21-22H,1-2H3,(H,20,23). The predicted molar refractivity (Wildman–Crippen MR) is 115 cm³/mol. The first-order valence-electron chi connectivity index (χ1n) is 8.65. The second kappa shape index (κ2) is 8.56. The Bertz CT molecular complexity index is 1280. The average molecular weight is 466 g/mol. The van der Waals surface area contributed by atoms with Gasteiger partial charge in [-0.15, -0.1) is 16.2 Å². The van der Waals surface area contributed by atoms with Crippen molar-refractivity contribution in [3.05, 3.63) is 76.7 Å². The van der Waals surface area contributed by atoms with Crippen molar-refractivity contribution in [2.24, 2.45) is 0 Å². The van der Waals surface area contributed by atoms with E-state index in [0.29, 0.717) is 0 Å². The number of thiophene rings is 1. The molecule has 0 spiro atoms. The second-order valence-electron chi connectivity index (χ2n) is 6.39. The molecule has 11 heteroatoms. The summed E-state index contributed by atoms with van der Waals surface area (Å²) in [5.74, 6) is -0.813. The molecule has 0 aliphatic heterocycles. The Morgan fingerprint density at radius 2 is 1.60 bits per heavy atom. The second-order valence-corrected chi connectivity index (χ2v) is 10.9. The molecule has 0 radical (unpaired) electrons. The van der Waals surface area contributed by atoms with Gasteiger partial charge < -0.3 is 0 Å². The van der Waals surface area contributed by atoms with Gasteiger partial charge in [-0.25, -0.2) is 16.8 Å². The van der Waals surface area contributed by atoms with Crippen molar-refractivity contribution in [3.63, 3.8) is 0 Å². The van der Waals surface area contributed by atoms with Crippen LogP contribution in [0.25, 0.3) is 0 Å². The monoisotopic (exact) mass is 465 g/mol. The van der Waals surface area contributed by atoms with Gasteiger partial charge in [-0.2, -0.15) is 0 Å². The zero-order chi connectivity index (χ0) is 21.9. The summed E-state index contributed by atoms with van der Waals surface area (Å²) in [6.45, 7) is 3.64. The van der Waals surface area contributed by atoms with Crippen molar-refractivity contribution < 1.29 is 21.6 Å². The minimum Gasteiger partial charge on any atom is -0.278 e. The van der Waals surface area contributed by atoms with E-state index in [9.17, 15) is 21.6 Å². The van der Waals surface area contributed by atoms with Gasteiger partial charge in [0.25, 0.3) is 26.0 Å². The normalized spacial score (nSPS) is 11.8. The fourth-order valence-electron chi connectivity index (χ4n) is 2.50. The lowest BCUT2D eigenvalue weighted by Crippen LogP contribution is -2.41. The summed E-state index contributed by atoms with van der Waals surface area (Å²) in [6, 6.07) is 13.5. The number of amides is 1. The molecule has 1 aromatic heterocycles. The van der Waals surface area contributed by atoms with Crippen molar-refractivity contribution in [2.75, 3.05) is 4.72 Å². The number of rotatable bonds is 7. The molecule has 3 aromatic rings. The van der Waals surface area contributed by atoms with Crippen molar-refractivity contribution in [1.29, 1.82) is 0 Å². The van der Waals surface area contributed by atoms with Crippen molar-refractivity contribution in [2.45, 2.75) is 23.0 Å². The summed E-state index contributed by atoms with van der Waals surface area (Å²) < 4.78 is 52.3. The Hall–Kier alpha value is -2.73. The summed E-state index contributed by atoms with van der Waals surface area (Å²) in [5, 5.41) is 1.62. The molecule has 1 heterocycles. The van der Waals surface area contributed by atoms with Crippen LogP contribution in [0.4, 0.5) is 5.69 Å². The summed E-state index contributed by atoms with van der Waals surface area (Å²) in [7, 11) is -7.88.